The monoisotopic (exact) mass is 292 g/mol. The first-order valence-electron chi connectivity index (χ1n) is 6.98. The van der Waals surface area contributed by atoms with Crippen molar-refractivity contribution >= 4 is 18.2 Å². The van der Waals surface area contributed by atoms with Crippen molar-refractivity contribution < 1.29 is 23.9 Å². The van der Waals surface area contributed by atoms with Gasteiger partial charge in [-0.05, 0) is 32.1 Å². The molecule has 2 aliphatic rings. The number of carbonyl (C=O) groups is 3. The molecule has 0 aromatic carbocycles. The fourth-order valence-corrected chi connectivity index (χ4v) is 3.39. The third-order valence-corrected chi connectivity index (χ3v) is 4.65. The van der Waals surface area contributed by atoms with Gasteiger partial charge in [0.2, 0.25) is 0 Å². The zero-order chi connectivity index (χ0) is 15.6. The van der Waals surface area contributed by atoms with Gasteiger partial charge >= 0.3 is 11.9 Å². The molecule has 0 aliphatic heterocycles. The number of esters is 2. The Bertz CT molecular complexity index is 513. The van der Waals surface area contributed by atoms with Crippen LogP contribution in [0.5, 0.6) is 0 Å². The Kier molecular flexibility index (Phi) is 4.30. The number of carbonyl (C=O) groups excluding carboxylic acids is 3. The number of methoxy groups -OCH3 is 2. The van der Waals surface area contributed by atoms with E-state index in [-0.39, 0.29) is 18.3 Å². The lowest BCUT2D eigenvalue weighted by atomic mass is 9.84. The van der Waals surface area contributed by atoms with E-state index in [9.17, 15) is 14.4 Å². The summed E-state index contributed by atoms with van der Waals surface area (Å²) < 4.78 is 9.66. The second-order valence-corrected chi connectivity index (χ2v) is 5.67. The van der Waals surface area contributed by atoms with Gasteiger partial charge in [-0.25, -0.2) is 0 Å². The molecule has 0 bridgehead atoms. The summed E-state index contributed by atoms with van der Waals surface area (Å²) in [7, 11) is 2.54. The van der Waals surface area contributed by atoms with Crippen LogP contribution < -0.4 is 0 Å². The average Bonchev–Trinajstić information content (AvgIpc) is 2.83. The smallest absolute Gasteiger partial charge is 0.323 e. The minimum Gasteiger partial charge on any atom is -0.468 e. The molecule has 0 spiro atoms. The number of aldehydes is 1. The predicted molar refractivity (Wildman–Crippen MR) is 75.2 cm³/mol. The Morgan fingerprint density at radius 1 is 1.29 bits per heavy atom. The maximum absolute atomic E-state index is 12.2. The molecule has 2 rings (SSSR count). The number of fused-ring (bicyclic) bond motifs is 1. The molecule has 0 aromatic rings. The van der Waals surface area contributed by atoms with Gasteiger partial charge in [0, 0.05) is 5.92 Å². The van der Waals surface area contributed by atoms with Crippen molar-refractivity contribution in [3.05, 3.63) is 23.3 Å². The Balaban J connectivity index is 2.48. The highest BCUT2D eigenvalue weighted by Gasteiger charge is 2.55. The van der Waals surface area contributed by atoms with Crippen LogP contribution in [0.4, 0.5) is 0 Å². The van der Waals surface area contributed by atoms with E-state index in [1.54, 1.807) is 0 Å². The van der Waals surface area contributed by atoms with E-state index in [2.05, 4.69) is 0 Å². The summed E-state index contributed by atoms with van der Waals surface area (Å²) in [6, 6.07) is 0. The van der Waals surface area contributed by atoms with Gasteiger partial charge < -0.3 is 14.3 Å². The molecule has 5 heteroatoms. The van der Waals surface area contributed by atoms with Crippen LogP contribution in [0.3, 0.4) is 0 Å². The Hall–Kier alpha value is -1.91. The summed E-state index contributed by atoms with van der Waals surface area (Å²) in [4.78, 5) is 35.6. The van der Waals surface area contributed by atoms with Crippen LogP contribution >= 0.6 is 0 Å². The van der Waals surface area contributed by atoms with Crippen molar-refractivity contribution in [2.75, 3.05) is 14.2 Å². The first-order chi connectivity index (χ1) is 10.00. The van der Waals surface area contributed by atoms with Crippen LogP contribution in [0.2, 0.25) is 0 Å². The summed E-state index contributed by atoms with van der Waals surface area (Å²) in [5.74, 6) is -1.35. The Morgan fingerprint density at radius 3 is 2.43 bits per heavy atom. The standard InChI is InChI=1S/C16H20O5/c1-10-12(9-17)6-4-5-11-7-16(8-13(10)11,14(18)20-2)15(19)21-3/h4-5,9,11-12H,6-8H2,1-3H3/t11-,12+/m0/s1. The highest BCUT2D eigenvalue weighted by atomic mass is 16.5. The number of ether oxygens (including phenoxy) is 2. The summed E-state index contributed by atoms with van der Waals surface area (Å²) in [6.45, 7) is 1.90. The van der Waals surface area contributed by atoms with Crippen LogP contribution in [0.1, 0.15) is 26.2 Å². The molecule has 0 aromatic heterocycles. The van der Waals surface area contributed by atoms with Gasteiger partial charge in [-0.1, -0.05) is 23.3 Å². The molecule has 21 heavy (non-hydrogen) atoms. The van der Waals surface area contributed by atoms with Crippen LogP contribution in [-0.4, -0.2) is 32.4 Å². The molecular formula is C16H20O5. The van der Waals surface area contributed by atoms with E-state index < -0.39 is 17.4 Å². The van der Waals surface area contributed by atoms with Crippen molar-refractivity contribution in [3.63, 3.8) is 0 Å². The van der Waals surface area contributed by atoms with Crippen molar-refractivity contribution in [1.82, 2.24) is 0 Å². The van der Waals surface area contributed by atoms with Gasteiger partial charge in [0.15, 0.2) is 5.41 Å². The first-order valence-corrected chi connectivity index (χ1v) is 6.98. The van der Waals surface area contributed by atoms with Gasteiger partial charge in [-0.2, -0.15) is 0 Å². The lowest BCUT2D eigenvalue weighted by Gasteiger charge is -2.22. The normalized spacial score (nSPS) is 26.8. The molecule has 1 fully saturated rings. The minimum atomic E-state index is -1.29. The van der Waals surface area contributed by atoms with Gasteiger partial charge in [-0.15, -0.1) is 0 Å². The maximum atomic E-state index is 12.2. The fourth-order valence-electron chi connectivity index (χ4n) is 3.39. The summed E-state index contributed by atoms with van der Waals surface area (Å²) in [5.41, 5.74) is 0.645. The highest BCUT2D eigenvalue weighted by molar-refractivity contribution is 6.01. The molecule has 2 atom stereocenters. The van der Waals surface area contributed by atoms with Crippen molar-refractivity contribution in [3.8, 4) is 0 Å². The average molecular weight is 292 g/mol. The molecule has 0 N–H and O–H groups in total. The molecule has 114 valence electrons. The van der Waals surface area contributed by atoms with Crippen molar-refractivity contribution in [1.29, 1.82) is 0 Å². The van der Waals surface area contributed by atoms with E-state index in [0.29, 0.717) is 12.8 Å². The SMILES string of the molecule is COC(=O)C1(C(=O)OC)CC2=C(C)[C@@H](C=O)CC=C[C@H]2C1. The number of allylic oxidation sites excluding steroid dienone is 4. The largest absolute Gasteiger partial charge is 0.468 e. The second kappa shape index (κ2) is 5.84. The molecule has 0 unspecified atom stereocenters. The predicted octanol–water partition coefficient (Wildman–Crippen LogP) is 1.82. The Morgan fingerprint density at radius 2 is 1.90 bits per heavy atom. The van der Waals surface area contributed by atoms with Gasteiger partial charge in [-0.3, -0.25) is 9.59 Å². The molecule has 0 radical (unpaired) electrons. The molecule has 1 saturated carbocycles. The van der Waals surface area contributed by atoms with Gasteiger partial charge in [0.05, 0.1) is 14.2 Å². The van der Waals surface area contributed by atoms with E-state index in [4.69, 9.17) is 9.47 Å². The zero-order valence-electron chi connectivity index (χ0n) is 12.5. The maximum Gasteiger partial charge on any atom is 0.323 e. The summed E-state index contributed by atoms with van der Waals surface area (Å²) in [6.07, 6.45) is 6.11. The van der Waals surface area contributed by atoms with Crippen LogP contribution in [0.25, 0.3) is 0 Å². The van der Waals surface area contributed by atoms with Crippen LogP contribution in [0.15, 0.2) is 23.3 Å². The minimum absolute atomic E-state index is 0.0202. The Labute approximate surface area is 124 Å². The third kappa shape index (κ3) is 2.41. The number of hydrogen-bond acceptors (Lipinski definition) is 5. The molecule has 0 saturated heterocycles. The molecular weight excluding hydrogens is 272 g/mol. The van der Waals surface area contributed by atoms with Crippen molar-refractivity contribution in [2.24, 2.45) is 17.3 Å². The molecule has 5 nitrogen and oxygen atoms in total. The number of rotatable bonds is 3. The summed E-state index contributed by atoms with van der Waals surface area (Å²) in [5, 5.41) is 0. The number of hydrogen-bond donors (Lipinski definition) is 0. The molecule has 0 heterocycles. The van der Waals surface area contributed by atoms with Gasteiger partial charge in [0.25, 0.3) is 0 Å². The van der Waals surface area contributed by atoms with E-state index in [1.807, 2.05) is 19.1 Å². The van der Waals surface area contributed by atoms with E-state index >= 15 is 0 Å². The zero-order valence-corrected chi connectivity index (χ0v) is 12.5. The van der Waals surface area contributed by atoms with Crippen molar-refractivity contribution in [2.45, 2.75) is 26.2 Å². The highest BCUT2D eigenvalue weighted by Crippen LogP contribution is 2.50. The van der Waals surface area contributed by atoms with Gasteiger partial charge in [0.1, 0.15) is 6.29 Å². The quantitative estimate of drug-likeness (QED) is 0.343. The molecule has 2 aliphatic carbocycles. The first kappa shape index (κ1) is 15.5. The lowest BCUT2D eigenvalue weighted by Crippen LogP contribution is -2.39. The van der Waals surface area contributed by atoms with Crippen LogP contribution in [0, 0.1) is 17.3 Å². The molecule has 0 amide bonds. The second-order valence-electron chi connectivity index (χ2n) is 5.67. The van der Waals surface area contributed by atoms with Crippen LogP contribution in [-0.2, 0) is 23.9 Å². The fraction of sp³-hybridized carbons (Fsp3) is 0.562. The van der Waals surface area contributed by atoms with E-state index in [0.717, 1.165) is 17.4 Å². The lowest BCUT2D eigenvalue weighted by molar-refractivity contribution is -0.168. The van der Waals surface area contributed by atoms with E-state index in [1.165, 1.54) is 14.2 Å². The third-order valence-electron chi connectivity index (χ3n) is 4.65. The topological polar surface area (TPSA) is 69.7 Å². The summed E-state index contributed by atoms with van der Waals surface area (Å²) >= 11 is 0.